The topological polar surface area (TPSA) is 86.8 Å². The van der Waals surface area contributed by atoms with Crippen molar-refractivity contribution in [1.29, 1.82) is 0 Å². The van der Waals surface area contributed by atoms with Crippen LogP contribution in [-0.4, -0.2) is 89.9 Å². The van der Waals surface area contributed by atoms with Gasteiger partial charge in [0, 0.05) is 43.3 Å². The number of rotatable bonds is 10. The molecular weight excluding hydrogens is 713 g/mol. The van der Waals surface area contributed by atoms with Crippen LogP contribution in [0.1, 0.15) is 34.0 Å². The van der Waals surface area contributed by atoms with E-state index in [0.717, 1.165) is 28.8 Å². The van der Waals surface area contributed by atoms with E-state index in [1.54, 1.807) is 57.4 Å². The van der Waals surface area contributed by atoms with Gasteiger partial charge in [-0.3, -0.25) is 9.59 Å². The van der Waals surface area contributed by atoms with Crippen molar-refractivity contribution in [3.63, 3.8) is 0 Å². The second-order valence-electron chi connectivity index (χ2n) is 11.7. The highest BCUT2D eigenvalue weighted by Crippen LogP contribution is 2.38. The smallest absolute Gasteiger partial charge is 0.416 e. The Morgan fingerprint density at radius 2 is 1.36 bits per heavy atom. The number of amides is 2. The van der Waals surface area contributed by atoms with Gasteiger partial charge in [0.25, 0.3) is 5.91 Å². The molecule has 0 radical (unpaired) electrons. The molecule has 1 saturated heterocycles. The molecule has 1 fully saturated rings. The Kier molecular flexibility index (Phi) is 14.2. The van der Waals surface area contributed by atoms with Gasteiger partial charge in [-0.25, -0.2) is 0 Å². The van der Waals surface area contributed by atoms with E-state index < -0.39 is 11.7 Å². The SMILES string of the molecule is CCN(C)C(=O)c1ccc(C(F)(F)F)cc1-c1ccc(OC)c(OC)c1.COc1ccc(/C(=C/C(=O)N2CCOCC2)c2ccc(Cl)cc2)cc1OC. The fourth-order valence-corrected chi connectivity index (χ4v) is 5.59. The maximum atomic E-state index is 13.2. The number of carbonyl (C=O) groups excluding carboxylic acids is 2. The Morgan fingerprint density at radius 3 is 1.92 bits per heavy atom. The summed E-state index contributed by atoms with van der Waals surface area (Å²) in [5, 5.41) is 0.643. The number of morpholine rings is 1. The van der Waals surface area contributed by atoms with Crippen molar-refractivity contribution in [3.8, 4) is 34.1 Å². The summed E-state index contributed by atoms with van der Waals surface area (Å²) in [7, 11) is 7.68. The molecular formula is C40H42ClF3N2O7. The number of benzene rings is 4. The van der Waals surface area contributed by atoms with E-state index in [2.05, 4.69) is 0 Å². The largest absolute Gasteiger partial charge is 0.493 e. The summed E-state index contributed by atoms with van der Waals surface area (Å²) < 4.78 is 65.9. The lowest BCUT2D eigenvalue weighted by Crippen LogP contribution is -2.39. The minimum Gasteiger partial charge on any atom is -0.493 e. The van der Waals surface area contributed by atoms with Crippen molar-refractivity contribution in [2.45, 2.75) is 13.1 Å². The van der Waals surface area contributed by atoms with E-state index in [0.29, 0.717) is 66.4 Å². The average molecular weight is 755 g/mol. The predicted molar refractivity (Wildman–Crippen MR) is 198 cm³/mol. The van der Waals surface area contributed by atoms with Gasteiger partial charge in [0.15, 0.2) is 23.0 Å². The number of hydrogen-bond acceptors (Lipinski definition) is 7. The lowest BCUT2D eigenvalue weighted by molar-refractivity contribution is -0.137. The third-order valence-corrected chi connectivity index (χ3v) is 8.79. The highest BCUT2D eigenvalue weighted by atomic mass is 35.5. The first-order valence-electron chi connectivity index (χ1n) is 16.6. The minimum absolute atomic E-state index is 0.0435. The summed E-state index contributed by atoms with van der Waals surface area (Å²) in [6.07, 6.45) is -2.85. The lowest BCUT2D eigenvalue weighted by atomic mass is 9.95. The molecule has 1 aliphatic heterocycles. The number of nitrogens with zero attached hydrogens (tertiary/aromatic N) is 2. The molecule has 13 heteroatoms. The zero-order valence-electron chi connectivity index (χ0n) is 30.4. The summed E-state index contributed by atoms with van der Waals surface area (Å²) in [6, 6.07) is 20.9. The number of hydrogen-bond donors (Lipinski definition) is 0. The Labute approximate surface area is 312 Å². The van der Waals surface area contributed by atoms with Crippen LogP contribution in [0, 0.1) is 0 Å². The monoisotopic (exact) mass is 754 g/mol. The number of carbonyl (C=O) groups is 2. The molecule has 0 N–H and O–H groups in total. The zero-order valence-corrected chi connectivity index (χ0v) is 31.1. The molecule has 0 unspecified atom stereocenters. The van der Waals surface area contributed by atoms with Gasteiger partial charge in [-0.2, -0.15) is 13.2 Å². The van der Waals surface area contributed by atoms with Crippen LogP contribution >= 0.6 is 11.6 Å². The molecule has 0 spiro atoms. The van der Waals surface area contributed by atoms with Gasteiger partial charge >= 0.3 is 6.18 Å². The molecule has 0 bridgehead atoms. The molecule has 53 heavy (non-hydrogen) atoms. The third-order valence-electron chi connectivity index (χ3n) is 8.53. The van der Waals surface area contributed by atoms with Crippen molar-refractivity contribution in [2.75, 3.05) is 68.3 Å². The fourth-order valence-electron chi connectivity index (χ4n) is 5.46. The first kappa shape index (κ1) is 40.6. The zero-order chi connectivity index (χ0) is 38.7. The maximum absolute atomic E-state index is 13.2. The van der Waals surface area contributed by atoms with Gasteiger partial charge in [0.2, 0.25) is 5.91 Å². The number of methoxy groups -OCH3 is 4. The predicted octanol–water partition coefficient (Wildman–Crippen LogP) is 8.13. The Hall–Kier alpha value is -5.20. The first-order chi connectivity index (χ1) is 25.3. The van der Waals surface area contributed by atoms with E-state index in [4.69, 9.17) is 35.3 Å². The average Bonchev–Trinajstić information content (AvgIpc) is 3.19. The molecule has 4 aromatic carbocycles. The third kappa shape index (κ3) is 10.2. The van der Waals surface area contributed by atoms with Crippen LogP contribution in [0.4, 0.5) is 13.2 Å². The van der Waals surface area contributed by atoms with Crippen molar-refractivity contribution >= 4 is 29.0 Å². The van der Waals surface area contributed by atoms with Crippen molar-refractivity contribution in [3.05, 3.63) is 112 Å². The van der Waals surface area contributed by atoms with Crippen LogP contribution in [-0.2, 0) is 15.7 Å². The fraction of sp³-hybridized carbons (Fsp3) is 0.300. The van der Waals surface area contributed by atoms with Crippen LogP contribution in [0.3, 0.4) is 0 Å². The van der Waals surface area contributed by atoms with Crippen LogP contribution in [0.25, 0.3) is 16.7 Å². The second-order valence-corrected chi connectivity index (χ2v) is 12.2. The number of halogens is 4. The van der Waals surface area contributed by atoms with E-state index in [9.17, 15) is 22.8 Å². The quantitative estimate of drug-likeness (QED) is 0.151. The Bertz CT molecular complexity index is 1910. The van der Waals surface area contributed by atoms with Gasteiger partial charge in [-0.05, 0) is 89.3 Å². The molecule has 0 aliphatic carbocycles. The van der Waals surface area contributed by atoms with Crippen molar-refractivity contribution in [2.24, 2.45) is 0 Å². The summed E-state index contributed by atoms with van der Waals surface area (Å²) in [4.78, 5) is 28.6. The van der Waals surface area contributed by atoms with Crippen LogP contribution in [0.15, 0.2) is 84.9 Å². The van der Waals surface area contributed by atoms with Crippen LogP contribution < -0.4 is 18.9 Å². The van der Waals surface area contributed by atoms with Gasteiger partial charge in [-0.1, -0.05) is 35.9 Å². The second kappa shape index (κ2) is 18.5. The Morgan fingerprint density at radius 1 is 0.792 bits per heavy atom. The molecule has 4 aromatic rings. The first-order valence-corrected chi connectivity index (χ1v) is 17.0. The van der Waals surface area contributed by atoms with E-state index in [-0.39, 0.29) is 22.9 Å². The van der Waals surface area contributed by atoms with Crippen molar-refractivity contribution in [1.82, 2.24) is 9.80 Å². The highest BCUT2D eigenvalue weighted by Gasteiger charge is 2.32. The van der Waals surface area contributed by atoms with Gasteiger partial charge in [0.1, 0.15) is 0 Å². The van der Waals surface area contributed by atoms with Gasteiger partial charge < -0.3 is 33.5 Å². The molecule has 282 valence electrons. The maximum Gasteiger partial charge on any atom is 0.416 e. The van der Waals surface area contributed by atoms with E-state index in [1.807, 2.05) is 42.5 Å². The Balaban J connectivity index is 0.000000237. The van der Waals surface area contributed by atoms with E-state index >= 15 is 0 Å². The summed E-state index contributed by atoms with van der Waals surface area (Å²) >= 11 is 6.03. The van der Waals surface area contributed by atoms with Gasteiger partial charge in [-0.15, -0.1) is 0 Å². The summed E-state index contributed by atoms with van der Waals surface area (Å²) in [6.45, 7) is 4.53. The van der Waals surface area contributed by atoms with E-state index in [1.165, 1.54) is 25.2 Å². The number of ether oxygens (including phenoxy) is 5. The summed E-state index contributed by atoms with van der Waals surface area (Å²) in [5.74, 6) is 1.65. The molecule has 1 heterocycles. The molecule has 9 nitrogen and oxygen atoms in total. The normalized spacial score (nSPS) is 13.0. The summed E-state index contributed by atoms with van der Waals surface area (Å²) in [5.41, 5.74) is 2.54. The standard InChI is InChI=1S/C21H22ClNO4.C19H20F3NO3/c1-25-19-8-5-16(13-20(19)26-2)18(15-3-6-17(22)7-4-15)14-21(24)23-9-11-27-12-10-23;1-5-23(2)18(24)14-8-7-13(19(20,21)22)11-15(14)12-6-9-16(25-3)17(10-12)26-4/h3-8,13-14H,9-12H2,1-2H3;6-11H,5H2,1-4H3/b18-14+;. The van der Waals surface area contributed by atoms with Crippen LogP contribution in [0.5, 0.6) is 23.0 Å². The molecule has 2 amide bonds. The van der Waals surface area contributed by atoms with Gasteiger partial charge in [0.05, 0.1) is 47.2 Å². The molecule has 0 atom stereocenters. The molecule has 0 saturated carbocycles. The lowest BCUT2D eigenvalue weighted by Gasteiger charge is -2.26. The molecule has 0 aromatic heterocycles. The minimum atomic E-state index is -4.51. The molecule has 1 aliphatic rings. The molecule has 5 rings (SSSR count). The van der Waals surface area contributed by atoms with Crippen molar-refractivity contribution < 1.29 is 46.4 Å². The van der Waals surface area contributed by atoms with Crippen LogP contribution in [0.2, 0.25) is 5.02 Å². The number of alkyl halides is 3. The highest BCUT2D eigenvalue weighted by molar-refractivity contribution is 6.30.